The SMILES string of the molecule is O=COC=Cc1cn(C2CC(O)C(CO)O2)c(=O)[nH]c1=O. The van der Waals surface area contributed by atoms with Crippen LogP contribution in [0.25, 0.3) is 6.08 Å². The van der Waals surface area contributed by atoms with E-state index in [-0.39, 0.29) is 25.1 Å². The summed E-state index contributed by atoms with van der Waals surface area (Å²) in [5.74, 6) is 0. The van der Waals surface area contributed by atoms with E-state index in [2.05, 4.69) is 9.72 Å². The van der Waals surface area contributed by atoms with Crippen molar-refractivity contribution < 1.29 is 24.5 Å². The lowest BCUT2D eigenvalue weighted by atomic mass is 10.2. The third-order valence-electron chi connectivity index (χ3n) is 3.07. The quantitative estimate of drug-likeness (QED) is 0.437. The molecule has 9 heteroatoms. The standard InChI is InChI=1S/C12H14N2O7/c15-5-9-8(17)3-10(21-9)14-4-7(1-2-20-6-16)11(18)13-12(14)19/h1-2,4,6,8-10,15,17H,3,5H2,(H,13,18,19). The van der Waals surface area contributed by atoms with Gasteiger partial charge in [-0.1, -0.05) is 0 Å². The van der Waals surface area contributed by atoms with Crippen molar-refractivity contribution in [1.82, 2.24) is 9.55 Å². The van der Waals surface area contributed by atoms with E-state index < -0.39 is 29.7 Å². The van der Waals surface area contributed by atoms with Gasteiger partial charge in [-0.05, 0) is 6.08 Å². The number of aliphatic hydroxyl groups excluding tert-OH is 2. The minimum absolute atomic E-state index is 0.0713. The first-order valence-electron chi connectivity index (χ1n) is 6.12. The van der Waals surface area contributed by atoms with Gasteiger partial charge in [-0.3, -0.25) is 19.1 Å². The minimum atomic E-state index is -0.906. The summed E-state index contributed by atoms with van der Waals surface area (Å²) in [5.41, 5.74) is -1.29. The van der Waals surface area contributed by atoms with Crippen LogP contribution >= 0.6 is 0 Å². The molecule has 1 aliphatic rings. The van der Waals surface area contributed by atoms with Gasteiger partial charge in [0.25, 0.3) is 12.0 Å². The molecule has 3 N–H and O–H groups in total. The molecule has 2 heterocycles. The average molecular weight is 298 g/mol. The maximum absolute atomic E-state index is 11.8. The second-order valence-corrected chi connectivity index (χ2v) is 4.40. The predicted molar refractivity (Wildman–Crippen MR) is 69.1 cm³/mol. The van der Waals surface area contributed by atoms with E-state index in [1.807, 2.05) is 0 Å². The van der Waals surface area contributed by atoms with Gasteiger partial charge >= 0.3 is 5.69 Å². The number of H-pyrrole nitrogens is 1. The molecule has 1 saturated heterocycles. The second kappa shape index (κ2) is 6.48. The molecule has 0 bridgehead atoms. The van der Waals surface area contributed by atoms with Crippen LogP contribution in [-0.4, -0.2) is 45.1 Å². The Labute approximate surface area is 118 Å². The number of aliphatic hydroxyl groups is 2. The molecule has 1 aromatic rings. The Balaban J connectivity index is 2.32. The van der Waals surface area contributed by atoms with Crippen molar-refractivity contribution in [2.45, 2.75) is 24.9 Å². The number of carbonyl (C=O) groups is 1. The van der Waals surface area contributed by atoms with Crippen molar-refractivity contribution >= 4 is 12.5 Å². The second-order valence-electron chi connectivity index (χ2n) is 4.40. The molecule has 0 aromatic carbocycles. The summed E-state index contributed by atoms with van der Waals surface area (Å²) < 4.78 is 10.8. The summed E-state index contributed by atoms with van der Waals surface area (Å²) in [6.07, 6.45) is 1.03. The summed E-state index contributed by atoms with van der Waals surface area (Å²) in [6, 6.07) is 0. The van der Waals surface area contributed by atoms with Gasteiger partial charge in [-0.15, -0.1) is 0 Å². The number of nitrogens with zero attached hydrogens (tertiary/aromatic N) is 1. The van der Waals surface area contributed by atoms with E-state index >= 15 is 0 Å². The number of rotatable bonds is 5. The lowest BCUT2D eigenvalue weighted by molar-refractivity contribution is -0.123. The predicted octanol–water partition coefficient (Wildman–Crippen LogP) is -1.68. The average Bonchev–Trinajstić information content (AvgIpc) is 2.82. The Bertz CT molecular complexity index is 648. The molecule has 9 nitrogen and oxygen atoms in total. The fourth-order valence-electron chi connectivity index (χ4n) is 2.03. The summed E-state index contributed by atoms with van der Waals surface area (Å²) in [4.78, 5) is 35.5. The number of nitrogens with one attached hydrogen (secondary N) is 1. The van der Waals surface area contributed by atoms with Crippen LogP contribution in [-0.2, 0) is 14.3 Å². The summed E-state index contributed by atoms with van der Waals surface area (Å²) in [6.45, 7) is -0.196. The van der Waals surface area contributed by atoms with Crippen molar-refractivity contribution in [2.24, 2.45) is 0 Å². The molecule has 0 aliphatic carbocycles. The maximum Gasteiger partial charge on any atom is 0.330 e. The highest BCUT2D eigenvalue weighted by Gasteiger charge is 2.35. The van der Waals surface area contributed by atoms with Crippen molar-refractivity contribution in [3.05, 3.63) is 38.9 Å². The molecule has 0 spiro atoms. The third kappa shape index (κ3) is 3.27. The van der Waals surface area contributed by atoms with E-state index in [9.17, 15) is 19.5 Å². The topological polar surface area (TPSA) is 131 Å². The van der Waals surface area contributed by atoms with Crippen molar-refractivity contribution in [1.29, 1.82) is 0 Å². The van der Waals surface area contributed by atoms with Gasteiger partial charge in [0.15, 0.2) is 0 Å². The molecule has 2 rings (SSSR count). The number of hydrogen-bond acceptors (Lipinski definition) is 7. The zero-order chi connectivity index (χ0) is 15.4. The fourth-order valence-corrected chi connectivity index (χ4v) is 2.03. The van der Waals surface area contributed by atoms with Crippen LogP contribution in [0.5, 0.6) is 0 Å². The molecule has 3 unspecified atom stereocenters. The van der Waals surface area contributed by atoms with E-state index in [0.29, 0.717) is 0 Å². The van der Waals surface area contributed by atoms with Gasteiger partial charge in [0.1, 0.15) is 12.3 Å². The van der Waals surface area contributed by atoms with E-state index in [0.717, 1.165) is 10.8 Å². The lowest BCUT2D eigenvalue weighted by Gasteiger charge is -2.14. The largest absolute Gasteiger partial charge is 0.437 e. The normalized spacial score (nSPS) is 25.3. The smallest absolute Gasteiger partial charge is 0.330 e. The molecule has 0 amide bonds. The fraction of sp³-hybridized carbons (Fsp3) is 0.417. The summed E-state index contributed by atoms with van der Waals surface area (Å²) in [7, 11) is 0. The molecule has 1 aliphatic heterocycles. The van der Waals surface area contributed by atoms with E-state index in [1.165, 1.54) is 12.3 Å². The molecule has 21 heavy (non-hydrogen) atoms. The number of hydrogen-bond donors (Lipinski definition) is 3. The highest BCUT2D eigenvalue weighted by atomic mass is 16.5. The zero-order valence-electron chi connectivity index (χ0n) is 10.8. The first-order chi connectivity index (χ1) is 10.1. The van der Waals surface area contributed by atoms with Gasteiger partial charge in [-0.25, -0.2) is 4.79 Å². The zero-order valence-corrected chi connectivity index (χ0v) is 10.8. The van der Waals surface area contributed by atoms with Crippen LogP contribution in [0.3, 0.4) is 0 Å². The Morgan fingerprint density at radius 3 is 2.90 bits per heavy atom. The van der Waals surface area contributed by atoms with E-state index in [4.69, 9.17) is 9.84 Å². The molecular weight excluding hydrogens is 284 g/mol. The molecule has 0 saturated carbocycles. The monoisotopic (exact) mass is 298 g/mol. The lowest BCUT2D eigenvalue weighted by Crippen LogP contribution is -2.33. The molecule has 1 aromatic heterocycles. The van der Waals surface area contributed by atoms with Gasteiger partial charge in [-0.2, -0.15) is 0 Å². The van der Waals surface area contributed by atoms with Crippen molar-refractivity contribution in [2.75, 3.05) is 6.61 Å². The van der Waals surface area contributed by atoms with Gasteiger partial charge in [0.05, 0.1) is 24.5 Å². The van der Waals surface area contributed by atoms with E-state index in [1.54, 1.807) is 0 Å². The number of ether oxygens (including phenoxy) is 2. The molecule has 0 radical (unpaired) electrons. The number of carbonyl (C=O) groups excluding carboxylic acids is 1. The third-order valence-corrected chi connectivity index (χ3v) is 3.07. The van der Waals surface area contributed by atoms with Crippen molar-refractivity contribution in [3.63, 3.8) is 0 Å². The molecular formula is C12H14N2O7. The molecule has 114 valence electrons. The first-order valence-corrected chi connectivity index (χ1v) is 6.12. The Morgan fingerprint density at radius 2 is 2.29 bits per heavy atom. The van der Waals surface area contributed by atoms with Gasteiger partial charge in [0.2, 0.25) is 0 Å². The Kier molecular flexibility index (Phi) is 4.68. The van der Waals surface area contributed by atoms with Crippen LogP contribution in [0.2, 0.25) is 0 Å². The van der Waals surface area contributed by atoms with Gasteiger partial charge in [0, 0.05) is 12.6 Å². The minimum Gasteiger partial charge on any atom is -0.437 e. The van der Waals surface area contributed by atoms with Crippen LogP contribution in [0.15, 0.2) is 22.0 Å². The first kappa shape index (κ1) is 15.2. The maximum atomic E-state index is 11.8. The molecule has 1 fully saturated rings. The van der Waals surface area contributed by atoms with Crippen molar-refractivity contribution in [3.8, 4) is 0 Å². The van der Waals surface area contributed by atoms with Crippen LogP contribution in [0, 0.1) is 0 Å². The Morgan fingerprint density at radius 1 is 1.52 bits per heavy atom. The summed E-state index contributed by atoms with van der Waals surface area (Å²) in [5, 5.41) is 18.7. The van der Waals surface area contributed by atoms with Crippen LogP contribution in [0.1, 0.15) is 18.2 Å². The van der Waals surface area contributed by atoms with Gasteiger partial charge < -0.3 is 19.7 Å². The van der Waals surface area contributed by atoms with Crippen LogP contribution < -0.4 is 11.2 Å². The number of aromatic amines is 1. The Hall–Kier alpha value is -2.23. The highest BCUT2D eigenvalue weighted by molar-refractivity contribution is 5.48. The summed E-state index contributed by atoms with van der Waals surface area (Å²) >= 11 is 0. The number of aromatic nitrogens is 2. The highest BCUT2D eigenvalue weighted by Crippen LogP contribution is 2.27. The van der Waals surface area contributed by atoms with Crippen LogP contribution in [0.4, 0.5) is 0 Å². The molecule has 3 atom stereocenters.